The maximum atomic E-state index is 11.6. The summed E-state index contributed by atoms with van der Waals surface area (Å²) in [5.41, 5.74) is 1.22. The van der Waals surface area contributed by atoms with E-state index >= 15 is 0 Å². The molecular formula is C14H19NO4S. The van der Waals surface area contributed by atoms with Crippen LogP contribution in [0.3, 0.4) is 0 Å². The minimum Gasteiger partial charge on any atom is -0.462 e. The average Bonchev–Trinajstić information content (AvgIpc) is 2.38. The van der Waals surface area contributed by atoms with Crippen LogP contribution in [-0.2, 0) is 14.6 Å². The zero-order valence-corrected chi connectivity index (χ0v) is 12.3. The zero-order valence-electron chi connectivity index (χ0n) is 11.5. The molecule has 1 aliphatic rings. The molecule has 1 fully saturated rings. The van der Waals surface area contributed by atoms with E-state index in [0.29, 0.717) is 18.6 Å². The predicted octanol–water partition coefficient (Wildman–Crippen LogP) is 1.85. The SMILES string of the molecule is CCOC(=O)c1cccc(NC2CCCS(=O)(=O)C2)c1. The third-order valence-electron chi connectivity index (χ3n) is 3.21. The lowest BCUT2D eigenvalue weighted by Crippen LogP contribution is -2.34. The molecule has 6 heteroatoms. The minimum atomic E-state index is -2.94. The van der Waals surface area contributed by atoms with Crippen LogP contribution in [0.2, 0.25) is 0 Å². The fraction of sp³-hybridized carbons (Fsp3) is 0.500. The van der Waals surface area contributed by atoms with Gasteiger partial charge in [-0.2, -0.15) is 0 Å². The first-order valence-electron chi connectivity index (χ1n) is 6.74. The van der Waals surface area contributed by atoms with E-state index in [1.54, 1.807) is 25.1 Å². The van der Waals surface area contributed by atoms with E-state index in [9.17, 15) is 13.2 Å². The fourth-order valence-electron chi connectivity index (χ4n) is 2.32. The maximum absolute atomic E-state index is 11.6. The smallest absolute Gasteiger partial charge is 0.338 e. The number of hydrogen-bond acceptors (Lipinski definition) is 5. The number of hydrogen-bond donors (Lipinski definition) is 1. The summed E-state index contributed by atoms with van der Waals surface area (Å²) in [6.07, 6.45) is 1.50. The molecule has 0 aromatic heterocycles. The van der Waals surface area contributed by atoms with E-state index in [-0.39, 0.29) is 23.5 Å². The second-order valence-corrected chi connectivity index (χ2v) is 7.13. The summed E-state index contributed by atoms with van der Waals surface area (Å²) in [4.78, 5) is 11.6. The van der Waals surface area contributed by atoms with E-state index < -0.39 is 9.84 Å². The van der Waals surface area contributed by atoms with Gasteiger partial charge in [0.05, 0.1) is 23.7 Å². The van der Waals surface area contributed by atoms with Gasteiger partial charge >= 0.3 is 5.97 Å². The lowest BCUT2D eigenvalue weighted by Gasteiger charge is -2.24. The van der Waals surface area contributed by atoms with Gasteiger partial charge in [0.1, 0.15) is 0 Å². The van der Waals surface area contributed by atoms with Crippen LogP contribution in [0, 0.1) is 0 Å². The number of esters is 1. The summed E-state index contributed by atoms with van der Waals surface area (Å²) in [5.74, 6) is 0.0532. The van der Waals surface area contributed by atoms with Crippen LogP contribution in [0.25, 0.3) is 0 Å². The molecular weight excluding hydrogens is 278 g/mol. The van der Waals surface area contributed by atoms with Crippen molar-refractivity contribution in [2.75, 3.05) is 23.4 Å². The molecule has 0 aliphatic carbocycles. The summed E-state index contributed by atoms with van der Waals surface area (Å²) in [6.45, 7) is 2.09. The maximum Gasteiger partial charge on any atom is 0.338 e. The molecule has 0 amide bonds. The summed E-state index contributed by atoms with van der Waals surface area (Å²) >= 11 is 0. The molecule has 1 aliphatic heterocycles. The van der Waals surface area contributed by atoms with Crippen LogP contribution in [0.5, 0.6) is 0 Å². The highest BCUT2D eigenvalue weighted by Gasteiger charge is 2.24. The van der Waals surface area contributed by atoms with Gasteiger partial charge in [-0.25, -0.2) is 13.2 Å². The number of benzene rings is 1. The Morgan fingerprint density at radius 2 is 2.25 bits per heavy atom. The van der Waals surface area contributed by atoms with Crippen LogP contribution in [0.1, 0.15) is 30.1 Å². The lowest BCUT2D eigenvalue weighted by atomic mass is 10.1. The van der Waals surface area contributed by atoms with Crippen molar-refractivity contribution in [3.63, 3.8) is 0 Å². The summed E-state index contributed by atoms with van der Waals surface area (Å²) in [7, 11) is -2.94. The zero-order chi connectivity index (χ0) is 14.6. The minimum absolute atomic E-state index is 0.0915. The number of carbonyl (C=O) groups excluding carboxylic acids is 1. The first-order chi connectivity index (χ1) is 9.50. The highest BCUT2D eigenvalue weighted by atomic mass is 32.2. The van der Waals surface area contributed by atoms with Crippen molar-refractivity contribution in [3.05, 3.63) is 29.8 Å². The molecule has 1 atom stereocenters. The number of ether oxygens (including phenoxy) is 1. The van der Waals surface area contributed by atoms with Gasteiger partial charge in [-0.3, -0.25) is 0 Å². The molecule has 1 heterocycles. The Bertz CT molecular complexity index is 583. The fourth-order valence-corrected chi connectivity index (χ4v) is 3.96. The Morgan fingerprint density at radius 1 is 1.45 bits per heavy atom. The van der Waals surface area contributed by atoms with E-state index in [2.05, 4.69) is 5.32 Å². The van der Waals surface area contributed by atoms with E-state index in [4.69, 9.17) is 4.74 Å². The standard InChI is InChI=1S/C14H19NO4S/c1-2-19-14(16)11-5-3-6-12(9-11)15-13-7-4-8-20(17,18)10-13/h3,5-6,9,13,15H,2,4,7-8,10H2,1H3. The monoisotopic (exact) mass is 297 g/mol. The Hall–Kier alpha value is -1.56. The molecule has 20 heavy (non-hydrogen) atoms. The summed E-state index contributed by atoms with van der Waals surface area (Å²) in [5, 5.41) is 3.19. The van der Waals surface area contributed by atoms with Crippen LogP contribution in [-0.4, -0.2) is 38.5 Å². The Labute approximate surface area is 119 Å². The first-order valence-corrected chi connectivity index (χ1v) is 8.56. The lowest BCUT2D eigenvalue weighted by molar-refractivity contribution is 0.0526. The van der Waals surface area contributed by atoms with Gasteiger partial charge in [-0.05, 0) is 38.0 Å². The van der Waals surface area contributed by atoms with Crippen molar-refractivity contribution >= 4 is 21.5 Å². The van der Waals surface area contributed by atoms with Gasteiger partial charge in [-0.1, -0.05) is 6.07 Å². The van der Waals surface area contributed by atoms with Crippen molar-refractivity contribution < 1.29 is 17.9 Å². The number of carbonyl (C=O) groups is 1. The van der Waals surface area contributed by atoms with Gasteiger partial charge in [0.25, 0.3) is 0 Å². The number of rotatable bonds is 4. The molecule has 0 saturated carbocycles. The molecule has 110 valence electrons. The molecule has 2 rings (SSSR count). The molecule has 0 spiro atoms. The van der Waals surface area contributed by atoms with Gasteiger partial charge in [0.15, 0.2) is 9.84 Å². The highest BCUT2D eigenvalue weighted by Crippen LogP contribution is 2.18. The van der Waals surface area contributed by atoms with E-state index in [0.717, 1.165) is 12.1 Å². The Kier molecular flexibility index (Phi) is 4.65. The third-order valence-corrected chi connectivity index (χ3v) is 5.03. The average molecular weight is 297 g/mol. The Balaban J connectivity index is 2.06. The second-order valence-electron chi connectivity index (χ2n) is 4.90. The quantitative estimate of drug-likeness (QED) is 0.859. The molecule has 1 saturated heterocycles. The van der Waals surface area contributed by atoms with Gasteiger partial charge in [0.2, 0.25) is 0 Å². The van der Waals surface area contributed by atoms with Crippen molar-refractivity contribution in [1.29, 1.82) is 0 Å². The Morgan fingerprint density at radius 3 is 2.95 bits per heavy atom. The summed E-state index contributed by atoms with van der Waals surface area (Å²) < 4.78 is 28.1. The van der Waals surface area contributed by atoms with Crippen molar-refractivity contribution in [1.82, 2.24) is 0 Å². The number of anilines is 1. The van der Waals surface area contributed by atoms with Crippen LogP contribution in [0.4, 0.5) is 5.69 Å². The first kappa shape index (κ1) is 14.8. The van der Waals surface area contributed by atoms with Gasteiger partial charge in [0, 0.05) is 11.7 Å². The second kappa shape index (κ2) is 6.26. The van der Waals surface area contributed by atoms with Crippen molar-refractivity contribution in [3.8, 4) is 0 Å². The topological polar surface area (TPSA) is 72.5 Å². The van der Waals surface area contributed by atoms with Crippen molar-refractivity contribution in [2.45, 2.75) is 25.8 Å². The normalized spacial score (nSPS) is 21.1. The molecule has 5 nitrogen and oxygen atoms in total. The van der Waals surface area contributed by atoms with Crippen LogP contribution < -0.4 is 5.32 Å². The summed E-state index contributed by atoms with van der Waals surface area (Å²) in [6, 6.07) is 6.86. The third kappa shape index (κ3) is 3.96. The number of nitrogens with one attached hydrogen (secondary N) is 1. The predicted molar refractivity (Wildman–Crippen MR) is 77.7 cm³/mol. The largest absolute Gasteiger partial charge is 0.462 e. The van der Waals surface area contributed by atoms with E-state index in [1.165, 1.54) is 0 Å². The van der Waals surface area contributed by atoms with E-state index in [1.807, 2.05) is 6.07 Å². The van der Waals surface area contributed by atoms with Crippen molar-refractivity contribution in [2.24, 2.45) is 0 Å². The molecule has 1 unspecified atom stereocenters. The molecule has 0 radical (unpaired) electrons. The van der Waals surface area contributed by atoms with Crippen LogP contribution in [0.15, 0.2) is 24.3 Å². The molecule has 1 aromatic carbocycles. The van der Waals surface area contributed by atoms with Crippen LogP contribution >= 0.6 is 0 Å². The van der Waals surface area contributed by atoms with Gasteiger partial charge in [-0.15, -0.1) is 0 Å². The number of sulfone groups is 1. The molecule has 1 aromatic rings. The molecule has 1 N–H and O–H groups in total. The van der Waals surface area contributed by atoms with Gasteiger partial charge < -0.3 is 10.1 Å². The molecule has 0 bridgehead atoms. The highest BCUT2D eigenvalue weighted by molar-refractivity contribution is 7.91.